The van der Waals surface area contributed by atoms with E-state index in [4.69, 9.17) is 17.0 Å². The van der Waals surface area contributed by atoms with Crippen molar-refractivity contribution < 1.29 is 4.74 Å². The van der Waals surface area contributed by atoms with Crippen molar-refractivity contribution in [2.45, 2.75) is 110 Å². The fourth-order valence-corrected chi connectivity index (χ4v) is 9.53. The van der Waals surface area contributed by atoms with Gasteiger partial charge in [0, 0.05) is 29.9 Å². The molecule has 0 radical (unpaired) electrons. The predicted molar refractivity (Wildman–Crippen MR) is 262 cm³/mol. The minimum atomic E-state index is -0.151. The topological polar surface area (TPSA) is 36.9 Å². The van der Waals surface area contributed by atoms with Crippen LogP contribution in [0.5, 0.6) is 5.75 Å². The molecule has 2 atom stereocenters. The molecule has 5 aromatic carbocycles. The number of thiocarbonyl (C=S) groups is 1. The van der Waals surface area contributed by atoms with Crippen LogP contribution in [0, 0.1) is 5.92 Å². The van der Waals surface area contributed by atoms with Crippen LogP contribution in [-0.4, -0.2) is 24.3 Å². The Kier molecular flexibility index (Phi) is 13.6. The van der Waals surface area contributed by atoms with Crippen LogP contribution in [-0.2, 0) is 10.8 Å². The van der Waals surface area contributed by atoms with Crippen molar-refractivity contribution in [3.8, 4) is 5.75 Å². The molecule has 0 bridgehead atoms. The molecule has 0 spiro atoms. The maximum absolute atomic E-state index is 6.90. The van der Waals surface area contributed by atoms with Crippen molar-refractivity contribution in [3.63, 3.8) is 0 Å². The van der Waals surface area contributed by atoms with E-state index < -0.39 is 0 Å². The highest BCUT2D eigenvalue weighted by molar-refractivity contribution is 7.78. The van der Waals surface area contributed by atoms with E-state index in [9.17, 15) is 0 Å². The average molecular weight is 814 g/mol. The molecule has 0 amide bonds. The summed E-state index contributed by atoms with van der Waals surface area (Å²) in [5.74, 6) is 1.97. The molecule has 60 heavy (non-hydrogen) atoms. The number of benzene rings is 5. The summed E-state index contributed by atoms with van der Waals surface area (Å²) < 4.78 is 6.90. The summed E-state index contributed by atoms with van der Waals surface area (Å²) >= 11 is 4.87. The van der Waals surface area contributed by atoms with Crippen molar-refractivity contribution in [3.05, 3.63) is 155 Å². The molecule has 1 aliphatic heterocycles. The fourth-order valence-electron chi connectivity index (χ4n) is 9.43. The van der Waals surface area contributed by atoms with Gasteiger partial charge in [0.05, 0.1) is 16.9 Å². The van der Waals surface area contributed by atoms with Gasteiger partial charge < -0.3 is 15.0 Å². The van der Waals surface area contributed by atoms with E-state index in [1.165, 1.54) is 55.2 Å². The van der Waals surface area contributed by atoms with Gasteiger partial charge in [0.2, 0.25) is 0 Å². The van der Waals surface area contributed by atoms with E-state index in [-0.39, 0.29) is 22.8 Å². The van der Waals surface area contributed by atoms with E-state index in [1.807, 2.05) is 24.3 Å². The number of unbranched alkanes of at least 4 members (excludes halogenated alkanes) is 2. The van der Waals surface area contributed by atoms with E-state index in [0.29, 0.717) is 0 Å². The third-order valence-electron chi connectivity index (χ3n) is 13.1. The van der Waals surface area contributed by atoms with Crippen molar-refractivity contribution >= 4 is 56.0 Å². The Morgan fingerprint density at radius 1 is 0.900 bits per heavy atom. The second-order valence-corrected chi connectivity index (χ2v) is 18.0. The first-order chi connectivity index (χ1) is 29.1. The van der Waals surface area contributed by atoms with Crippen molar-refractivity contribution in [1.29, 1.82) is 0 Å². The zero-order valence-corrected chi connectivity index (χ0v) is 37.7. The lowest BCUT2D eigenvalue weighted by atomic mass is 9.71. The SMILES string of the molecule is CCCCNc1ccc2ccccc2c1C(C)(C)C(C)C=CC1=C(Oc2ccc(N=C=S)cc2)C(=CC=CC2N(CCCC)c3ccc4ccccc4c3C2(C)C)CCC1. The van der Waals surface area contributed by atoms with Crippen LogP contribution in [0.3, 0.4) is 0 Å². The fraction of sp³-hybridized carbons (Fsp3) is 0.364. The molecule has 2 unspecified atom stereocenters. The normalized spacial score (nSPS) is 17.8. The van der Waals surface area contributed by atoms with E-state index in [1.54, 1.807) is 0 Å². The smallest absolute Gasteiger partial charge is 0.133 e. The van der Waals surface area contributed by atoms with Gasteiger partial charge in [-0.05, 0) is 136 Å². The summed E-state index contributed by atoms with van der Waals surface area (Å²) in [6, 6.07) is 34.9. The molecule has 1 N–H and O–H groups in total. The number of fused-ring (bicyclic) bond motifs is 4. The first-order valence-electron chi connectivity index (χ1n) is 22.3. The molecule has 1 aliphatic carbocycles. The van der Waals surface area contributed by atoms with Crippen molar-refractivity contribution in [2.24, 2.45) is 10.9 Å². The molecule has 1 heterocycles. The Hall–Kier alpha value is -5.22. The molecule has 310 valence electrons. The second-order valence-electron chi connectivity index (χ2n) is 17.8. The Labute approximate surface area is 364 Å². The Bertz CT molecular complexity index is 2480. The lowest BCUT2D eigenvalue weighted by molar-refractivity contribution is 0.409. The number of hydrogen-bond donors (Lipinski definition) is 1. The van der Waals surface area contributed by atoms with Gasteiger partial charge in [0.15, 0.2) is 0 Å². The Morgan fingerprint density at radius 3 is 2.33 bits per heavy atom. The second kappa shape index (κ2) is 19.0. The number of nitrogens with zero attached hydrogens (tertiary/aromatic N) is 2. The van der Waals surface area contributed by atoms with Crippen LogP contribution in [0.2, 0.25) is 0 Å². The van der Waals surface area contributed by atoms with Crippen molar-refractivity contribution in [2.75, 3.05) is 23.3 Å². The maximum Gasteiger partial charge on any atom is 0.133 e. The molecule has 4 nitrogen and oxygen atoms in total. The molecule has 0 aromatic heterocycles. The summed E-state index contributed by atoms with van der Waals surface area (Å²) in [4.78, 5) is 6.82. The number of hydrogen-bond acceptors (Lipinski definition) is 5. The van der Waals surface area contributed by atoms with Gasteiger partial charge in [-0.2, -0.15) is 4.99 Å². The minimum Gasteiger partial charge on any atom is -0.457 e. The lowest BCUT2D eigenvalue weighted by Crippen LogP contribution is -2.40. The van der Waals surface area contributed by atoms with Crippen LogP contribution >= 0.6 is 12.2 Å². The first-order valence-corrected chi connectivity index (χ1v) is 22.7. The van der Waals surface area contributed by atoms with Gasteiger partial charge in [-0.3, -0.25) is 0 Å². The molecule has 2 aliphatic rings. The molecule has 5 aromatic rings. The number of nitrogens with one attached hydrogen (secondary N) is 1. The van der Waals surface area contributed by atoms with E-state index in [2.05, 4.69) is 172 Å². The highest BCUT2D eigenvalue weighted by Crippen LogP contribution is 2.49. The van der Waals surface area contributed by atoms with Crippen LogP contribution in [0.1, 0.15) is 105 Å². The van der Waals surface area contributed by atoms with Crippen LogP contribution in [0.15, 0.2) is 149 Å². The molecule has 5 heteroatoms. The molecule has 0 saturated carbocycles. The van der Waals surface area contributed by atoms with Crippen LogP contribution in [0.4, 0.5) is 17.1 Å². The average Bonchev–Trinajstić information content (AvgIpc) is 3.47. The van der Waals surface area contributed by atoms with Gasteiger partial charge in [0.1, 0.15) is 11.5 Å². The number of rotatable bonds is 16. The number of isothiocyanates is 1. The molecular formula is C55H63N3OS. The highest BCUT2D eigenvalue weighted by atomic mass is 32.1. The monoisotopic (exact) mass is 813 g/mol. The van der Waals surface area contributed by atoms with E-state index in [0.717, 1.165) is 75.2 Å². The summed E-state index contributed by atoms with van der Waals surface area (Å²) in [6.07, 6.45) is 19.4. The summed E-state index contributed by atoms with van der Waals surface area (Å²) in [5, 5.41) is 11.6. The Balaban J connectivity index is 1.25. The largest absolute Gasteiger partial charge is 0.457 e. The maximum atomic E-state index is 6.90. The Morgan fingerprint density at radius 2 is 1.60 bits per heavy atom. The molecule has 0 saturated heterocycles. The zero-order valence-electron chi connectivity index (χ0n) is 36.9. The lowest BCUT2D eigenvalue weighted by Gasteiger charge is -2.34. The molecular weight excluding hydrogens is 751 g/mol. The quantitative estimate of drug-likeness (QED) is 0.0612. The zero-order chi connectivity index (χ0) is 42.3. The highest BCUT2D eigenvalue weighted by Gasteiger charge is 2.44. The summed E-state index contributed by atoms with van der Waals surface area (Å²) in [5.41, 5.74) is 8.44. The third-order valence-corrected chi connectivity index (χ3v) is 13.2. The van der Waals surface area contributed by atoms with Gasteiger partial charge in [-0.15, -0.1) is 0 Å². The first kappa shape index (κ1) is 42.9. The number of aliphatic imine (C=N–C) groups is 1. The van der Waals surface area contributed by atoms with Gasteiger partial charge in [-0.25, -0.2) is 0 Å². The third kappa shape index (κ3) is 8.94. The van der Waals surface area contributed by atoms with Gasteiger partial charge >= 0.3 is 0 Å². The van der Waals surface area contributed by atoms with Gasteiger partial charge in [0.25, 0.3) is 0 Å². The van der Waals surface area contributed by atoms with Crippen molar-refractivity contribution in [1.82, 2.24) is 0 Å². The summed E-state index contributed by atoms with van der Waals surface area (Å²) in [6.45, 7) is 18.5. The standard InChI is InChI=1S/C55H63N3OS/c1-8-10-36-56-48-34-28-40-18-12-14-23-46(40)51(48)54(4,5)39(3)26-27-43-21-16-20-42(53(43)59-45-32-30-44(31-33-45)57-38-60)22-17-25-50-55(6,7)52-47-24-15-13-19-41(47)29-35-49(52)58(50)37-11-9-2/h12-15,17-19,22-35,39,50,56H,8-11,16,20-21,36-37H2,1-7H3. The van der Waals surface area contributed by atoms with Gasteiger partial charge in [-0.1, -0.05) is 152 Å². The van der Waals surface area contributed by atoms with Crippen LogP contribution in [0.25, 0.3) is 21.5 Å². The predicted octanol–water partition coefficient (Wildman–Crippen LogP) is 15.4. The minimum absolute atomic E-state index is 0.0698. The number of ether oxygens (including phenoxy) is 1. The molecule has 0 fully saturated rings. The molecule has 7 rings (SSSR count). The number of allylic oxidation sites excluding steroid dienone is 6. The summed E-state index contributed by atoms with van der Waals surface area (Å²) in [7, 11) is 0. The van der Waals surface area contributed by atoms with E-state index >= 15 is 0 Å². The van der Waals surface area contributed by atoms with Crippen LogP contribution < -0.4 is 15.0 Å². The number of anilines is 2.